The van der Waals surface area contributed by atoms with E-state index in [2.05, 4.69) is 25.7 Å². The van der Waals surface area contributed by atoms with E-state index in [9.17, 15) is 0 Å². The van der Waals surface area contributed by atoms with Crippen molar-refractivity contribution in [2.24, 2.45) is 11.7 Å². The van der Waals surface area contributed by atoms with Gasteiger partial charge in [0.25, 0.3) is 0 Å². The Bertz CT molecular complexity index is 228. The second-order valence-electron chi connectivity index (χ2n) is 5.49. The van der Waals surface area contributed by atoms with Gasteiger partial charge in [-0.25, -0.2) is 0 Å². The average Bonchev–Trinajstić information content (AvgIpc) is 2.21. The van der Waals surface area contributed by atoms with E-state index in [0.717, 1.165) is 19.1 Å². The number of ether oxygens (including phenoxy) is 1. The van der Waals surface area contributed by atoms with E-state index in [0.29, 0.717) is 24.1 Å². The molecule has 0 spiro atoms. The second kappa shape index (κ2) is 5.03. The molecule has 0 amide bonds. The lowest BCUT2D eigenvalue weighted by atomic mass is 9.81. The van der Waals surface area contributed by atoms with Crippen molar-refractivity contribution in [3.63, 3.8) is 0 Å². The van der Waals surface area contributed by atoms with E-state index in [-0.39, 0.29) is 0 Å². The van der Waals surface area contributed by atoms with Gasteiger partial charge in [0.15, 0.2) is 0 Å². The molecule has 0 bridgehead atoms. The van der Waals surface area contributed by atoms with Crippen LogP contribution in [0.3, 0.4) is 0 Å². The third-order valence-corrected chi connectivity index (χ3v) is 4.62. The molecule has 94 valence electrons. The van der Waals surface area contributed by atoms with Gasteiger partial charge in [-0.05, 0) is 39.0 Å². The molecule has 0 aromatic rings. The van der Waals surface area contributed by atoms with Crippen LogP contribution in [0.4, 0.5) is 0 Å². The molecule has 0 aromatic heterocycles. The first-order valence-electron chi connectivity index (χ1n) is 6.76. The maximum Gasteiger partial charge on any atom is 0.0604 e. The highest BCUT2D eigenvalue weighted by Crippen LogP contribution is 2.34. The lowest BCUT2D eigenvalue weighted by Gasteiger charge is -2.50. The van der Waals surface area contributed by atoms with Crippen LogP contribution in [0, 0.1) is 5.92 Å². The minimum absolute atomic E-state index is 0.397. The van der Waals surface area contributed by atoms with Crippen molar-refractivity contribution in [3.05, 3.63) is 0 Å². The summed E-state index contributed by atoms with van der Waals surface area (Å²) in [6.07, 6.45) is 4.12. The number of piperidine rings is 1. The van der Waals surface area contributed by atoms with Crippen LogP contribution in [0.25, 0.3) is 0 Å². The minimum Gasteiger partial charge on any atom is -0.378 e. The van der Waals surface area contributed by atoms with Crippen molar-refractivity contribution in [2.75, 3.05) is 13.2 Å². The molecule has 1 saturated heterocycles. The summed E-state index contributed by atoms with van der Waals surface area (Å²) in [6, 6.07) is 1.78. The van der Waals surface area contributed by atoms with Gasteiger partial charge in [-0.15, -0.1) is 0 Å². The third kappa shape index (κ3) is 2.27. The van der Waals surface area contributed by atoms with E-state index in [4.69, 9.17) is 10.5 Å². The van der Waals surface area contributed by atoms with Gasteiger partial charge in [0.2, 0.25) is 0 Å². The standard InChI is InChI=1S/C13H26N2O/c1-4-16-12-7-11(8-12)15-6-5-13(14)9(2)10(15)3/h9-13H,4-8,14H2,1-3H3. The SMILES string of the molecule is CCOC1CC(N2CCC(N)C(C)C2C)C1. The zero-order chi connectivity index (χ0) is 11.7. The highest BCUT2D eigenvalue weighted by atomic mass is 16.5. The van der Waals surface area contributed by atoms with Crippen molar-refractivity contribution in [1.82, 2.24) is 4.90 Å². The molecule has 1 aliphatic carbocycles. The lowest BCUT2D eigenvalue weighted by Crippen LogP contribution is -2.59. The number of rotatable bonds is 3. The van der Waals surface area contributed by atoms with E-state index in [1.54, 1.807) is 0 Å². The molecule has 2 aliphatic rings. The fourth-order valence-electron chi connectivity index (χ4n) is 3.12. The third-order valence-electron chi connectivity index (χ3n) is 4.62. The number of hydrogen-bond donors (Lipinski definition) is 1. The summed E-state index contributed by atoms with van der Waals surface area (Å²) < 4.78 is 5.63. The van der Waals surface area contributed by atoms with Gasteiger partial charge in [-0.1, -0.05) is 6.92 Å². The predicted molar refractivity (Wildman–Crippen MR) is 66.4 cm³/mol. The van der Waals surface area contributed by atoms with Crippen LogP contribution >= 0.6 is 0 Å². The first kappa shape index (κ1) is 12.3. The Kier molecular flexibility index (Phi) is 3.88. The Morgan fingerprint density at radius 3 is 2.62 bits per heavy atom. The molecule has 1 saturated carbocycles. The summed E-state index contributed by atoms with van der Waals surface area (Å²) >= 11 is 0. The predicted octanol–water partition coefficient (Wildman–Crippen LogP) is 1.61. The lowest BCUT2D eigenvalue weighted by molar-refractivity contribution is -0.0716. The minimum atomic E-state index is 0.397. The smallest absolute Gasteiger partial charge is 0.0604 e. The van der Waals surface area contributed by atoms with Gasteiger partial charge in [0, 0.05) is 31.3 Å². The number of nitrogens with two attached hydrogens (primary N) is 1. The van der Waals surface area contributed by atoms with E-state index < -0.39 is 0 Å². The van der Waals surface area contributed by atoms with Gasteiger partial charge in [-0.2, -0.15) is 0 Å². The summed E-state index contributed by atoms with van der Waals surface area (Å²) in [4.78, 5) is 2.66. The quantitative estimate of drug-likeness (QED) is 0.794. The van der Waals surface area contributed by atoms with Gasteiger partial charge in [0.05, 0.1) is 6.10 Å². The molecular formula is C13H26N2O. The highest BCUT2D eigenvalue weighted by Gasteiger charge is 2.40. The number of hydrogen-bond acceptors (Lipinski definition) is 3. The topological polar surface area (TPSA) is 38.5 Å². The summed E-state index contributed by atoms with van der Waals surface area (Å²) in [5, 5.41) is 0. The fourth-order valence-corrected chi connectivity index (χ4v) is 3.12. The molecule has 16 heavy (non-hydrogen) atoms. The molecule has 2 fully saturated rings. The maximum atomic E-state index is 6.11. The number of likely N-dealkylation sites (tertiary alicyclic amines) is 1. The van der Waals surface area contributed by atoms with Crippen LogP contribution in [-0.4, -0.2) is 42.3 Å². The molecule has 2 N–H and O–H groups in total. The Morgan fingerprint density at radius 1 is 1.31 bits per heavy atom. The Hall–Kier alpha value is -0.120. The molecule has 0 radical (unpaired) electrons. The van der Waals surface area contributed by atoms with Gasteiger partial charge < -0.3 is 10.5 Å². The van der Waals surface area contributed by atoms with E-state index in [1.807, 2.05) is 0 Å². The van der Waals surface area contributed by atoms with Crippen molar-refractivity contribution in [3.8, 4) is 0 Å². The molecular weight excluding hydrogens is 200 g/mol. The van der Waals surface area contributed by atoms with Crippen LogP contribution in [0.5, 0.6) is 0 Å². The first-order valence-corrected chi connectivity index (χ1v) is 6.76. The second-order valence-corrected chi connectivity index (χ2v) is 5.49. The molecule has 3 heteroatoms. The Labute approximate surface area is 99.3 Å². The zero-order valence-corrected chi connectivity index (χ0v) is 10.9. The summed E-state index contributed by atoms with van der Waals surface area (Å²) in [5.41, 5.74) is 6.11. The molecule has 2 rings (SSSR count). The van der Waals surface area contributed by atoms with Gasteiger partial charge in [-0.3, -0.25) is 4.90 Å². The summed E-state index contributed by atoms with van der Waals surface area (Å²) in [5.74, 6) is 0.625. The van der Waals surface area contributed by atoms with Crippen LogP contribution in [0.1, 0.15) is 40.0 Å². The Balaban J connectivity index is 1.83. The molecule has 3 atom stereocenters. The largest absolute Gasteiger partial charge is 0.378 e. The Morgan fingerprint density at radius 2 is 2.00 bits per heavy atom. The van der Waals surface area contributed by atoms with Crippen molar-refractivity contribution in [1.29, 1.82) is 0 Å². The molecule has 1 aliphatic heterocycles. The number of nitrogens with zero attached hydrogens (tertiary/aromatic N) is 1. The van der Waals surface area contributed by atoms with Crippen LogP contribution in [-0.2, 0) is 4.74 Å². The fraction of sp³-hybridized carbons (Fsp3) is 1.00. The van der Waals surface area contributed by atoms with Gasteiger partial charge in [0.1, 0.15) is 0 Å². The molecule has 1 heterocycles. The van der Waals surface area contributed by atoms with Crippen LogP contribution in [0.15, 0.2) is 0 Å². The summed E-state index contributed by atoms with van der Waals surface area (Å²) in [7, 11) is 0. The monoisotopic (exact) mass is 226 g/mol. The first-order chi connectivity index (χ1) is 7.63. The van der Waals surface area contributed by atoms with Crippen LogP contribution in [0.2, 0.25) is 0 Å². The summed E-state index contributed by atoms with van der Waals surface area (Å²) in [6.45, 7) is 8.74. The zero-order valence-electron chi connectivity index (χ0n) is 10.9. The van der Waals surface area contributed by atoms with Crippen molar-refractivity contribution < 1.29 is 4.74 Å². The van der Waals surface area contributed by atoms with Gasteiger partial charge >= 0.3 is 0 Å². The normalized spacial score (nSPS) is 45.4. The molecule has 3 nitrogen and oxygen atoms in total. The van der Waals surface area contributed by atoms with Crippen LogP contribution < -0.4 is 5.73 Å². The van der Waals surface area contributed by atoms with E-state index >= 15 is 0 Å². The maximum absolute atomic E-state index is 6.11. The average molecular weight is 226 g/mol. The van der Waals surface area contributed by atoms with Crippen molar-refractivity contribution >= 4 is 0 Å². The van der Waals surface area contributed by atoms with Crippen molar-refractivity contribution in [2.45, 2.75) is 64.3 Å². The van der Waals surface area contributed by atoms with E-state index in [1.165, 1.54) is 19.4 Å². The molecule has 0 aromatic carbocycles. The molecule has 3 unspecified atom stereocenters. The highest BCUT2D eigenvalue weighted by molar-refractivity contribution is 4.95.